The van der Waals surface area contributed by atoms with Crippen LogP contribution in [0.1, 0.15) is 44.2 Å². The molecule has 0 radical (unpaired) electrons. The standard InChI is InChI=1S/C25H33NO2/c1-7-25(6)15-14-22(16-23(25)18(2)3)20(5)17-26(28)24(27)13-12-21-11-9-8-10-19(21)4/h7-13,22-23,28H,1-2,5,14-17H2,3-4,6H3/b13-12+/t22-,23+,25-/m1/s1. The van der Waals surface area contributed by atoms with Crippen LogP contribution in [0.4, 0.5) is 0 Å². The lowest BCUT2D eigenvalue weighted by Crippen LogP contribution is -2.36. The first-order chi connectivity index (χ1) is 13.2. The Labute approximate surface area is 169 Å². The van der Waals surface area contributed by atoms with Gasteiger partial charge in [0.1, 0.15) is 0 Å². The molecule has 0 bridgehead atoms. The second kappa shape index (κ2) is 9.20. The Balaban J connectivity index is 1.98. The maximum atomic E-state index is 12.3. The number of hydroxylamine groups is 2. The number of amides is 1. The van der Waals surface area contributed by atoms with Crippen molar-refractivity contribution >= 4 is 12.0 Å². The minimum atomic E-state index is -0.437. The molecule has 0 spiro atoms. The lowest BCUT2D eigenvalue weighted by atomic mass is 9.61. The Bertz CT molecular complexity index is 791. The van der Waals surface area contributed by atoms with Crippen LogP contribution in [-0.2, 0) is 4.79 Å². The van der Waals surface area contributed by atoms with Crippen molar-refractivity contribution in [2.45, 2.75) is 40.0 Å². The molecular weight excluding hydrogens is 346 g/mol. The van der Waals surface area contributed by atoms with Crippen LogP contribution in [0.2, 0.25) is 0 Å². The first-order valence-corrected chi connectivity index (χ1v) is 9.88. The fourth-order valence-electron chi connectivity index (χ4n) is 4.13. The van der Waals surface area contributed by atoms with Gasteiger partial charge in [-0.25, -0.2) is 5.06 Å². The number of allylic oxidation sites excluding steroid dienone is 2. The van der Waals surface area contributed by atoms with E-state index in [0.717, 1.165) is 46.6 Å². The average molecular weight is 380 g/mol. The van der Waals surface area contributed by atoms with E-state index in [1.807, 2.05) is 37.3 Å². The molecule has 0 heterocycles. The summed E-state index contributed by atoms with van der Waals surface area (Å²) in [5, 5.41) is 11.0. The van der Waals surface area contributed by atoms with E-state index in [1.54, 1.807) is 6.08 Å². The fraction of sp³-hybridized carbons (Fsp3) is 0.400. The molecule has 1 amide bonds. The van der Waals surface area contributed by atoms with E-state index in [1.165, 1.54) is 6.08 Å². The summed E-state index contributed by atoms with van der Waals surface area (Å²) in [5.41, 5.74) is 4.13. The van der Waals surface area contributed by atoms with E-state index in [4.69, 9.17) is 0 Å². The number of carbonyl (C=O) groups is 1. The molecule has 1 aliphatic rings. The molecule has 1 aromatic carbocycles. The van der Waals surface area contributed by atoms with Gasteiger partial charge in [0.2, 0.25) is 0 Å². The summed E-state index contributed by atoms with van der Waals surface area (Å²) in [4.78, 5) is 12.3. The molecule has 28 heavy (non-hydrogen) atoms. The summed E-state index contributed by atoms with van der Waals surface area (Å²) >= 11 is 0. The molecule has 3 nitrogen and oxygen atoms in total. The molecule has 0 aliphatic heterocycles. The smallest absolute Gasteiger partial charge is 0.270 e. The zero-order valence-corrected chi connectivity index (χ0v) is 17.4. The summed E-state index contributed by atoms with van der Waals surface area (Å²) in [7, 11) is 0. The summed E-state index contributed by atoms with van der Waals surface area (Å²) < 4.78 is 0. The van der Waals surface area contributed by atoms with Crippen LogP contribution in [0.3, 0.4) is 0 Å². The number of nitrogens with zero attached hydrogens (tertiary/aromatic N) is 1. The Hall–Kier alpha value is -2.39. The molecule has 3 atom stereocenters. The number of aryl methyl sites for hydroxylation is 1. The van der Waals surface area contributed by atoms with Crippen molar-refractivity contribution < 1.29 is 10.0 Å². The van der Waals surface area contributed by atoms with Gasteiger partial charge >= 0.3 is 0 Å². The van der Waals surface area contributed by atoms with E-state index in [-0.39, 0.29) is 17.9 Å². The largest absolute Gasteiger partial charge is 0.285 e. The third-order valence-corrected chi connectivity index (χ3v) is 6.19. The monoisotopic (exact) mass is 379 g/mol. The molecule has 3 heteroatoms. The molecule has 1 aliphatic carbocycles. The van der Waals surface area contributed by atoms with Crippen LogP contribution >= 0.6 is 0 Å². The third kappa shape index (κ3) is 5.11. The van der Waals surface area contributed by atoms with Crippen LogP contribution < -0.4 is 0 Å². The van der Waals surface area contributed by atoms with Gasteiger partial charge in [-0.15, -0.1) is 6.58 Å². The van der Waals surface area contributed by atoms with Crippen LogP contribution in [0.5, 0.6) is 0 Å². The Morgan fingerprint density at radius 3 is 2.64 bits per heavy atom. The van der Waals surface area contributed by atoms with Gasteiger partial charge < -0.3 is 0 Å². The van der Waals surface area contributed by atoms with Gasteiger partial charge in [0.05, 0.1) is 6.54 Å². The van der Waals surface area contributed by atoms with Gasteiger partial charge in [-0.2, -0.15) is 0 Å². The quantitative estimate of drug-likeness (QED) is 0.274. The predicted molar refractivity (Wildman–Crippen MR) is 117 cm³/mol. The van der Waals surface area contributed by atoms with Gasteiger partial charge in [0.15, 0.2) is 0 Å². The van der Waals surface area contributed by atoms with Gasteiger partial charge in [0.25, 0.3) is 5.91 Å². The lowest BCUT2D eigenvalue weighted by molar-refractivity contribution is -0.157. The van der Waals surface area contributed by atoms with E-state index >= 15 is 0 Å². The first-order valence-electron chi connectivity index (χ1n) is 9.88. The van der Waals surface area contributed by atoms with Crippen molar-refractivity contribution in [1.29, 1.82) is 0 Å². The predicted octanol–water partition coefficient (Wildman–Crippen LogP) is 5.97. The second-order valence-corrected chi connectivity index (χ2v) is 8.32. The Morgan fingerprint density at radius 2 is 2.04 bits per heavy atom. The number of benzene rings is 1. The van der Waals surface area contributed by atoms with Crippen molar-refractivity contribution in [3.05, 3.63) is 78.4 Å². The molecule has 0 unspecified atom stereocenters. The molecule has 0 saturated heterocycles. The molecule has 2 rings (SSSR count). The third-order valence-electron chi connectivity index (χ3n) is 6.19. The highest BCUT2D eigenvalue weighted by Crippen LogP contribution is 2.48. The number of carbonyl (C=O) groups excluding carboxylic acids is 1. The van der Waals surface area contributed by atoms with Gasteiger partial charge in [-0.3, -0.25) is 10.0 Å². The highest BCUT2D eigenvalue weighted by Gasteiger charge is 2.39. The zero-order chi connectivity index (χ0) is 20.9. The summed E-state index contributed by atoms with van der Waals surface area (Å²) in [6.45, 7) is 18.8. The molecule has 1 aromatic rings. The number of hydrogen-bond acceptors (Lipinski definition) is 2. The first kappa shape index (κ1) is 21.9. The lowest BCUT2D eigenvalue weighted by Gasteiger charge is -2.44. The van der Waals surface area contributed by atoms with Crippen LogP contribution in [0, 0.1) is 24.2 Å². The van der Waals surface area contributed by atoms with E-state index in [0.29, 0.717) is 5.92 Å². The van der Waals surface area contributed by atoms with Gasteiger partial charge in [-0.1, -0.05) is 61.6 Å². The zero-order valence-electron chi connectivity index (χ0n) is 17.4. The highest BCUT2D eigenvalue weighted by atomic mass is 16.5. The van der Waals surface area contributed by atoms with E-state index in [2.05, 4.69) is 33.6 Å². The van der Waals surface area contributed by atoms with Crippen molar-refractivity contribution in [1.82, 2.24) is 5.06 Å². The maximum absolute atomic E-state index is 12.3. The SMILES string of the molecule is C=C[C@]1(C)CC[C@@H](C(=C)CN(O)C(=O)/C=C/c2ccccc2C)C[C@H]1C(=C)C. The number of rotatable bonds is 7. The molecule has 1 N–H and O–H groups in total. The van der Waals surface area contributed by atoms with Gasteiger partial charge in [0, 0.05) is 6.08 Å². The molecule has 150 valence electrons. The molecular formula is C25H33NO2. The normalized spacial score (nSPS) is 24.7. The summed E-state index contributed by atoms with van der Waals surface area (Å²) in [6, 6.07) is 7.81. The summed E-state index contributed by atoms with van der Waals surface area (Å²) in [6.07, 6.45) is 8.09. The van der Waals surface area contributed by atoms with Crippen molar-refractivity contribution in [2.24, 2.45) is 17.3 Å². The maximum Gasteiger partial charge on any atom is 0.270 e. The Kier molecular flexibility index (Phi) is 7.20. The summed E-state index contributed by atoms with van der Waals surface area (Å²) in [5.74, 6) is 0.161. The van der Waals surface area contributed by atoms with Crippen molar-refractivity contribution in [2.75, 3.05) is 6.54 Å². The van der Waals surface area contributed by atoms with Gasteiger partial charge in [-0.05, 0) is 67.6 Å². The second-order valence-electron chi connectivity index (χ2n) is 8.32. The molecule has 1 saturated carbocycles. The van der Waals surface area contributed by atoms with Crippen molar-refractivity contribution in [3.63, 3.8) is 0 Å². The molecule has 0 aromatic heterocycles. The average Bonchev–Trinajstić information content (AvgIpc) is 2.67. The van der Waals surface area contributed by atoms with Crippen LogP contribution in [0.25, 0.3) is 6.08 Å². The Morgan fingerprint density at radius 1 is 1.36 bits per heavy atom. The van der Waals surface area contributed by atoms with Crippen molar-refractivity contribution in [3.8, 4) is 0 Å². The topological polar surface area (TPSA) is 40.5 Å². The molecule has 1 fully saturated rings. The number of hydrogen-bond donors (Lipinski definition) is 1. The van der Waals surface area contributed by atoms with E-state index in [9.17, 15) is 10.0 Å². The van der Waals surface area contributed by atoms with Crippen LogP contribution in [0.15, 0.2) is 67.3 Å². The van der Waals surface area contributed by atoms with E-state index < -0.39 is 5.91 Å². The van der Waals surface area contributed by atoms with Crippen LogP contribution in [-0.4, -0.2) is 22.7 Å². The minimum absolute atomic E-state index is 0.0492. The fourth-order valence-corrected chi connectivity index (χ4v) is 4.13. The minimum Gasteiger partial charge on any atom is -0.285 e. The highest BCUT2D eigenvalue weighted by molar-refractivity contribution is 5.91.